The molecule has 0 spiro atoms. The van der Waals surface area contributed by atoms with Crippen LogP contribution in [0.5, 0.6) is 0 Å². The summed E-state index contributed by atoms with van der Waals surface area (Å²) in [6, 6.07) is 4.52. The molecular formula is C22H36N6O2. The number of guanidine groups is 1. The molecular weight excluding hydrogens is 380 g/mol. The molecule has 30 heavy (non-hydrogen) atoms. The number of likely N-dealkylation sites (N-methyl/N-ethyl adjacent to an activating group) is 1. The van der Waals surface area contributed by atoms with Crippen LogP contribution in [0.3, 0.4) is 0 Å². The first-order valence-corrected chi connectivity index (χ1v) is 11.1. The van der Waals surface area contributed by atoms with Crippen molar-refractivity contribution in [2.24, 2.45) is 4.99 Å². The van der Waals surface area contributed by atoms with E-state index in [1.54, 1.807) is 19.0 Å². The number of rotatable bonds is 6. The summed E-state index contributed by atoms with van der Waals surface area (Å²) in [7, 11) is 3.51. The van der Waals surface area contributed by atoms with E-state index in [2.05, 4.69) is 44.6 Å². The van der Waals surface area contributed by atoms with Gasteiger partial charge in [-0.05, 0) is 50.7 Å². The molecule has 0 saturated carbocycles. The van der Waals surface area contributed by atoms with Gasteiger partial charge in [0.1, 0.15) is 12.4 Å². The van der Waals surface area contributed by atoms with Crippen LogP contribution in [-0.4, -0.2) is 80.8 Å². The van der Waals surface area contributed by atoms with Crippen molar-refractivity contribution in [2.75, 3.05) is 51.8 Å². The number of amides is 1. The molecule has 1 aromatic heterocycles. The molecule has 2 fully saturated rings. The number of anilines is 1. The molecule has 2 aliphatic rings. The molecule has 0 aliphatic carbocycles. The number of aliphatic imine (C=N–C) groups is 1. The first-order valence-electron chi connectivity index (χ1n) is 11.1. The van der Waals surface area contributed by atoms with Crippen molar-refractivity contribution in [3.05, 3.63) is 23.9 Å². The van der Waals surface area contributed by atoms with E-state index in [0.29, 0.717) is 18.5 Å². The Balaban J connectivity index is 1.53. The van der Waals surface area contributed by atoms with Crippen molar-refractivity contribution in [2.45, 2.75) is 51.2 Å². The molecule has 1 amide bonds. The Morgan fingerprint density at radius 2 is 2.07 bits per heavy atom. The molecule has 166 valence electrons. The maximum absolute atomic E-state index is 12.0. The number of aromatic nitrogens is 1. The zero-order valence-corrected chi connectivity index (χ0v) is 18.6. The first kappa shape index (κ1) is 22.3. The number of pyridine rings is 1. The number of ether oxygens (including phenoxy) is 1. The standard InChI is InChI=1S/C22H36N6O2/c1-17-7-8-20(23-14-17)28-11-9-18(10-12-28)26-22(25-16-21(29)27(2)3)24-15-19-6-4-5-13-30-19/h7-8,14,18-19H,4-6,9-13,15-16H2,1-3H3,(H2,24,25,26). The van der Waals surface area contributed by atoms with Crippen molar-refractivity contribution in [1.82, 2.24) is 20.5 Å². The Hall–Kier alpha value is -2.35. The van der Waals surface area contributed by atoms with E-state index in [0.717, 1.165) is 51.2 Å². The summed E-state index contributed by atoms with van der Waals surface area (Å²) in [5.41, 5.74) is 1.18. The number of carbonyl (C=O) groups excluding carboxylic acids is 1. The van der Waals surface area contributed by atoms with Gasteiger partial charge >= 0.3 is 0 Å². The largest absolute Gasteiger partial charge is 0.376 e. The van der Waals surface area contributed by atoms with E-state index in [-0.39, 0.29) is 18.6 Å². The molecule has 3 heterocycles. The molecule has 3 rings (SSSR count). The quantitative estimate of drug-likeness (QED) is 0.541. The van der Waals surface area contributed by atoms with E-state index in [9.17, 15) is 4.79 Å². The second-order valence-electron chi connectivity index (χ2n) is 8.42. The van der Waals surface area contributed by atoms with Gasteiger partial charge in [-0.15, -0.1) is 0 Å². The molecule has 1 unspecified atom stereocenters. The Morgan fingerprint density at radius 1 is 1.27 bits per heavy atom. The third kappa shape index (κ3) is 6.86. The van der Waals surface area contributed by atoms with Gasteiger partial charge in [0.15, 0.2) is 5.96 Å². The number of piperidine rings is 1. The predicted octanol–water partition coefficient (Wildman–Crippen LogP) is 1.55. The van der Waals surface area contributed by atoms with Crippen LogP contribution in [0, 0.1) is 6.92 Å². The number of hydrogen-bond acceptors (Lipinski definition) is 5. The molecule has 1 aromatic rings. The smallest absolute Gasteiger partial charge is 0.243 e. The minimum atomic E-state index is -0.00900. The number of hydrogen-bond donors (Lipinski definition) is 2. The monoisotopic (exact) mass is 416 g/mol. The SMILES string of the molecule is Cc1ccc(N2CCC(NC(=NCC(=O)N(C)C)NCC3CCCCO3)CC2)nc1. The predicted molar refractivity (Wildman–Crippen MR) is 120 cm³/mol. The van der Waals surface area contributed by atoms with Crippen molar-refractivity contribution >= 4 is 17.7 Å². The Labute approximate surface area is 180 Å². The molecule has 2 aliphatic heterocycles. The number of nitrogens with one attached hydrogen (secondary N) is 2. The van der Waals surface area contributed by atoms with Crippen molar-refractivity contribution < 1.29 is 9.53 Å². The second kappa shape index (κ2) is 11.2. The van der Waals surface area contributed by atoms with Crippen LogP contribution in [-0.2, 0) is 9.53 Å². The van der Waals surface area contributed by atoms with Gasteiger partial charge in [-0.1, -0.05) is 6.07 Å². The fourth-order valence-electron chi connectivity index (χ4n) is 3.71. The van der Waals surface area contributed by atoms with Gasteiger partial charge in [-0.2, -0.15) is 0 Å². The van der Waals surface area contributed by atoms with Crippen LogP contribution in [0.4, 0.5) is 5.82 Å². The third-order valence-electron chi connectivity index (χ3n) is 5.70. The van der Waals surface area contributed by atoms with Crippen molar-refractivity contribution in [1.29, 1.82) is 0 Å². The van der Waals surface area contributed by atoms with Crippen LogP contribution in [0.15, 0.2) is 23.3 Å². The van der Waals surface area contributed by atoms with Gasteiger partial charge in [-0.25, -0.2) is 9.98 Å². The van der Waals surface area contributed by atoms with E-state index >= 15 is 0 Å². The van der Waals surface area contributed by atoms with Crippen LogP contribution < -0.4 is 15.5 Å². The van der Waals surface area contributed by atoms with Gasteiger partial charge < -0.3 is 25.2 Å². The van der Waals surface area contributed by atoms with Crippen LogP contribution in [0.1, 0.15) is 37.7 Å². The topological polar surface area (TPSA) is 82.1 Å². The Morgan fingerprint density at radius 3 is 2.70 bits per heavy atom. The minimum Gasteiger partial charge on any atom is -0.376 e. The molecule has 0 radical (unpaired) electrons. The lowest BCUT2D eigenvalue weighted by molar-refractivity contribution is -0.127. The average Bonchev–Trinajstić information content (AvgIpc) is 2.77. The van der Waals surface area contributed by atoms with Gasteiger partial charge in [0.2, 0.25) is 5.91 Å². The zero-order valence-electron chi connectivity index (χ0n) is 18.6. The summed E-state index contributed by atoms with van der Waals surface area (Å²) >= 11 is 0. The van der Waals surface area contributed by atoms with E-state index in [4.69, 9.17) is 4.74 Å². The van der Waals surface area contributed by atoms with Crippen LogP contribution >= 0.6 is 0 Å². The second-order valence-corrected chi connectivity index (χ2v) is 8.42. The molecule has 1 atom stereocenters. The molecule has 8 heteroatoms. The van der Waals surface area contributed by atoms with E-state index in [1.807, 2.05) is 6.20 Å². The molecule has 0 aromatic carbocycles. The third-order valence-corrected chi connectivity index (χ3v) is 5.70. The molecule has 2 N–H and O–H groups in total. The number of nitrogens with zero attached hydrogens (tertiary/aromatic N) is 4. The highest BCUT2D eigenvalue weighted by Gasteiger charge is 2.22. The van der Waals surface area contributed by atoms with Gasteiger partial charge in [0, 0.05) is 52.6 Å². The lowest BCUT2D eigenvalue weighted by Gasteiger charge is -2.34. The van der Waals surface area contributed by atoms with E-state index < -0.39 is 0 Å². The van der Waals surface area contributed by atoms with Crippen molar-refractivity contribution in [3.63, 3.8) is 0 Å². The average molecular weight is 417 g/mol. The van der Waals surface area contributed by atoms with Gasteiger partial charge in [-0.3, -0.25) is 4.79 Å². The van der Waals surface area contributed by atoms with Crippen molar-refractivity contribution in [3.8, 4) is 0 Å². The fourth-order valence-corrected chi connectivity index (χ4v) is 3.71. The Kier molecular flexibility index (Phi) is 8.30. The van der Waals surface area contributed by atoms with Gasteiger partial charge in [0.05, 0.1) is 6.10 Å². The number of aryl methyl sites for hydroxylation is 1. The minimum absolute atomic E-state index is 0.00900. The normalized spacial score (nSPS) is 20.7. The lowest BCUT2D eigenvalue weighted by atomic mass is 10.1. The zero-order chi connectivity index (χ0) is 21.3. The summed E-state index contributed by atoms with van der Waals surface area (Å²) in [4.78, 5) is 25.0. The summed E-state index contributed by atoms with van der Waals surface area (Å²) in [6.45, 7) is 5.64. The summed E-state index contributed by atoms with van der Waals surface area (Å²) in [5.74, 6) is 1.73. The summed E-state index contributed by atoms with van der Waals surface area (Å²) < 4.78 is 5.82. The highest BCUT2D eigenvalue weighted by atomic mass is 16.5. The first-order chi connectivity index (χ1) is 14.5. The maximum atomic E-state index is 12.0. The number of carbonyl (C=O) groups is 1. The maximum Gasteiger partial charge on any atom is 0.243 e. The van der Waals surface area contributed by atoms with E-state index in [1.165, 1.54) is 12.0 Å². The highest BCUT2D eigenvalue weighted by Crippen LogP contribution is 2.18. The summed E-state index contributed by atoms with van der Waals surface area (Å²) in [5, 5.41) is 6.93. The molecule has 0 bridgehead atoms. The van der Waals surface area contributed by atoms with Crippen LogP contribution in [0.25, 0.3) is 0 Å². The fraction of sp³-hybridized carbons (Fsp3) is 0.682. The van der Waals surface area contributed by atoms with Crippen LogP contribution in [0.2, 0.25) is 0 Å². The van der Waals surface area contributed by atoms with Gasteiger partial charge in [0.25, 0.3) is 0 Å². The summed E-state index contributed by atoms with van der Waals surface area (Å²) in [6.07, 6.45) is 7.54. The highest BCUT2D eigenvalue weighted by molar-refractivity contribution is 5.85. The molecule has 2 saturated heterocycles. The molecule has 8 nitrogen and oxygen atoms in total. The lowest BCUT2D eigenvalue weighted by Crippen LogP contribution is -2.50. The Bertz CT molecular complexity index is 692.